The molecule has 3 N–H and O–H groups in total. The third-order valence-corrected chi connectivity index (χ3v) is 6.07. The standard InChI is InChI=1S/C19H19FN4O2S/c1-27(25,26)24-8-5-12(6-9-24)18-11-16-14(4-7-22-19(16)23-18)15-10-13(21)2-3-17(15)20/h2-5,7,10-11H,6,8-9,21H2,1H3,(H,22,23). The number of halogens is 1. The lowest BCUT2D eigenvalue weighted by atomic mass is 10.0. The quantitative estimate of drug-likeness (QED) is 0.677. The summed E-state index contributed by atoms with van der Waals surface area (Å²) in [6.45, 7) is 0.776. The Labute approximate surface area is 156 Å². The summed E-state index contributed by atoms with van der Waals surface area (Å²) in [5.41, 5.74) is 9.98. The first-order valence-electron chi connectivity index (χ1n) is 8.50. The number of pyridine rings is 1. The van der Waals surface area contributed by atoms with Crippen LogP contribution in [0.25, 0.3) is 27.7 Å². The van der Waals surface area contributed by atoms with E-state index in [0.717, 1.165) is 16.7 Å². The molecule has 4 rings (SSSR count). The van der Waals surface area contributed by atoms with Gasteiger partial charge in [-0.15, -0.1) is 0 Å². The zero-order valence-corrected chi connectivity index (χ0v) is 15.6. The molecule has 1 aliphatic rings. The predicted octanol–water partition coefficient (Wildman–Crippen LogP) is 3.00. The van der Waals surface area contributed by atoms with Crippen LogP contribution in [0.15, 0.2) is 42.6 Å². The normalized spacial score (nSPS) is 15.9. The average Bonchev–Trinajstić information content (AvgIpc) is 3.07. The Morgan fingerprint density at radius 2 is 2.04 bits per heavy atom. The number of sulfonamides is 1. The first-order valence-corrected chi connectivity index (χ1v) is 10.4. The second-order valence-corrected chi connectivity index (χ2v) is 8.63. The number of aromatic nitrogens is 2. The summed E-state index contributed by atoms with van der Waals surface area (Å²) in [4.78, 5) is 7.61. The van der Waals surface area contributed by atoms with E-state index in [1.165, 1.54) is 22.7 Å². The molecular weight excluding hydrogens is 367 g/mol. The number of benzene rings is 1. The number of aromatic amines is 1. The molecule has 1 aromatic carbocycles. The minimum Gasteiger partial charge on any atom is -0.399 e. The van der Waals surface area contributed by atoms with E-state index in [-0.39, 0.29) is 5.82 Å². The molecule has 3 aromatic rings. The highest BCUT2D eigenvalue weighted by molar-refractivity contribution is 7.88. The van der Waals surface area contributed by atoms with Crippen LogP contribution in [-0.2, 0) is 10.0 Å². The molecule has 3 heterocycles. The highest BCUT2D eigenvalue weighted by Gasteiger charge is 2.21. The summed E-state index contributed by atoms with van der Waals surface area (Å²) in [6, 6.07) is 8.19. The van der Waals surface area contributed by atoms with Gasteiger partial charge in [0.2, 0.25) is 10.0 Å². The van der Waals surface area contributed by atoms with Crippen molar-refractivity contribution < 1.29 is 12.8 Å². The maximum Gasteiger partial charge on any atom is 0.211 e. The van der Waals surface area contributed by atoms with Crippen LogP contribution in [0.4, 0.5) is 10.1 Å². The van der Waals surface area contributed by atoms with E-state index < -0.39 is 10.0 Å². The van der Waals surface area contributed by atoms with E-state index in [1.807, 2.05) is 12.1 Å². The molecule has 8 heteroatoms. The summed E-state index contributed by atoms with van der Waals surface area (Å²) in [6.07, 6.45) is 5.34. The van der Waals surface area contributed by atoms with Crippen molar-refractivity contribution in [2.24, 2.45) is 0 Å². The molecule has 2 aromatic heterocycles. The lowest BCUT2D eigenvalue weighted by Gasteiger charge is -2.23. The lowest BCUT2D eigenvalue weighted by Crippen LogP contribution is -2.33. The fourth-order valence-corrected chi connectivity index (χ4v) is 4.15. The van der Waals surface area contributed by atoms with Gasteiger partial charge in [0.15, 0.2) is 0 Å². The van der Waals surface area contributed by atoms with Crippen LogP contribution < -0.4 is 5.73 Å². The van der Waals surface area contributed by atoms with Crippen LogP contribution in [0, 0.1) is 5.82 Å². The molecule has 0 unspecified atom stereocenters. The number of rotatable bonds is 3. The summed E-state index contributed by atoms with van der Waals surface area (Å²) in [7, 11) is -3.20. The van der Waals surface area contributed by atoms with Gasteiger partial charge in [0.05, 0.1) is 6.26 Å². The van der Waals surface area contributed by atoms with Crippen LogP contribution in [0.5, 0.6) is 0 Å². The number of nitrogens with two attached hydrogens (primary N) is 1. The summed E-state index contributed by atoms with van der Waals surface area (Å²) >= 11 is 0. The Bertz CT molecular complexity index is 1170. The van der Waals surface area contributed by atoms with Crippen molar-refractivity contribution >= 4 is 32.3 Å². The lowest BCUT2D eigenvalue weighted by molar-refractivity contribution is 0.445. The van der Waals surface area contributed by atoms with Gasteiger partial charge in [-0.25, -0.2) is 17.8 Å². The van der Waals surface area contributed by atoms with E-state index in [0.29, 0.717) is 42.0 Å². The van der Waals surface area contributed by atoms with Gasteiger partial charge in [-0.1, -0.05) is 6.08 Å². The largest absolute Gasteiger partial charge is 0.399 e. The van der Waals surface area contributed by atoms with Gasteiger partial charge in [-0.05, 0) is 47.9 Å². The van der Waals surface area contributed by atoms with E-state index >= 15 is 0 Å². The zero-order valence-electron chi connectivity index (χ0n) is 14.7. The average molecular weight is 386 g/mol. The highest BCUT2D eigenvalue weighted by Crippen LogP contribution is 2.33. The van der Waals surface area contributed by atoms with Gasteiger partial charge in [-0.3, -0.25) is 0 Å². The Hall–Kier alpha value is -2.71. The van der Waals surface area contributed by atoms with Crippen molar-refractivity contribution in [2.75, 3.05) is 25.1 Å². The third-order valence-electron chi connectivity index (χ3n) is 4.80. The molecule has 0 fully saturated rings. The van der Waals surface area contributed by atoms with Gasteiger partial charge < -0.3 is 10.7 Å². The molecule has 6 nitrogen and oxygen atoms in total. The maximum absolute atomic E-state index is 14.3. The fraction of sp³-hybridized carbons (Fsp3) is 0.211. The first kappa shape index (κ1) is 17.7. The molecular formula is C19H19FN4O2S. The van der Waals surface area contributed by atoms with Crippen molar-refractivity contribution in [2.45, 2.75) is 6.42 Å². The number of hydrogen-bond acceptors (Lipinski definition) is 4. The van der Waals surface area contributed by atoms with Crippen molar-refractivity contribution in [3.63, 3.8) is 0 Å². The zero-order chi connectivity index (χ0) is 19.2. The molecule has 0 bridgehead atoms. The molecule has 0 spiro atoms. The molecule has 1 aliphatic heterocycles. The number of hydrogen-bond donors (Lipinski definition) is 2. The number of nitrogens with one attached hydrogen (secondary N) is 1. The molecule has 0 radical (unpaired) electrons. The van der Waals surface area contributed by atoms with Gasteiger partial charge in [0.1, 0.15) is 11.5 Å². The maximum atomic E-state index is 14.3. The number of nitrogen functional groups attached to an aromatic ring is 1. The summed E-state index contributed by atoms with van der Waals surface area (Å²) in [5.74, 6) is -0.347. The van der Waals surface area contributed by atoms with E-state index in [4.69, 9.17) is 5.73 Å². The monoisotopic (exact) mass is 386 g/mol. The minimum atomic E-state index is -3.20. The smallest absolute Gasteiger partial charge is 0.211 e. The fourth-order valence-electron chi connectivity index (χ4n) is 3.38. The van der Waals surface area contributed by atoms with Crippen LogP contribution >= 0.6 is 0 Å². The Morgan fingerprint density at radius 1 is 1.22 bits per heavy atom. The number of nitrogens with zero attached hydrogens (tertiary/aromatic N) is 2. The molecule has 0 saturated heterocycles. The van der Waals surface area contributed by atoms with Gasteiger partial charge in [0, 0.05) is 41.6 Å². The van der Waals surface area contributed by atoms with Crippen molar-refractivity contribution in [1.82, 2.24) is 14.3 Å². The SMILES string of the molecule is CS(=O)(=O)N1CC=C(c2cc3c(-c4cc(N)ccc4F)ccnc3[nH]2)CC1. The van der Waals surface area contributed by atoms with Crippen molar-refractivity contribution in [3.05, 3.63) is 54.1 Å². The van der Waals surface area contributed by atoms with Crippen LogP contribution in [-0.4, -0.2) is 42.0 Å². The molecule has 0 amide bonds. The van der Waals surface area contributed by atoms with Gasteiger partial charge in [-0.2, -0.15) is 4.31 Å². The second-order valence-electron chi connectivity index (χ2n) is 6.64. The van der Waals surface area contributed by atoms with Crippen molar-refractivity contribution in [1.29, 1.82) is 0 Å². The number of fused-ring (bicyclic) bond motifs is 1. The van der Waals surface area contributed by atoms with Crippen LogP contribution in [0.3, 0.4) is 0 Å². The van der Waals surface area contributed by atoms with E-state index in [1.54, 1.807) is 18.3 Å². The third kappa shape index (κ3) is 3.33. The minimum absolute atomic E-state index is 0.341. The molecule has 27 heavy (non-hydrogen) atoms. The molecule has 0 saturated carbocycles. The Morgan fingerprint density at radius 3 is 2.74 bits per heavy atom. The van der Waals surface area contributed by atoms with Gasteiger partial charge >= 0.3 is 0 Å². The molecule has 0 atom stereocenters. The number of H-pyrrole nitrogens is 1. The second kappa shape index (κ2) is 6.47. The van der Waals surface area contributed by atoms with Crippen LogP contribution in [0.1, 0.15) is 12.1 Å². The summed E-state index contributed by atoms with van der Waals surface area (Å²) < 4.78 is 39.1. The Balaban J connectivity index is 1.76. The Kier molecular flexibility index (Phi) is 4.24. The van der Waals surface area contributed by atoms with E-state index in [2.05, 4.69) is 9.97 Å². The topological polar surface area (TPSA) is 92.1 Å². The molecule has 140 valence electrons. The number of anilines is 1. The highest BCUT2D eigenvalue weighted by atomic mass is 32.2. The predicted molar refractivity (Wildman–Crippen MR) is 105 cm³/mol. The van der Waals surface area contributed by atoms with Crippen LogP contribution in [0.2, 0.25) is 0 Å². The molecule has 0 aliphatic carbocycles. The summed E-state index contributed by atoms with van der Waals surface area (Å²) in [5, 5.41) is 0.795. The van der Waals surface area contributed by atoms with Gasteiger partial charge in [0.25, 0.3) is 0 Å². The van der Waals surface area contributed by atoms with Crippen molar-refractivity contribution in [3.8, 4) is 11.1 Å². The van der Waals surface area contributed by atoms with E-state index in [9.17, 15) is 12.8 Å². The first-order chi connectivity index (χ1) is 12.8.